The van der Waals surface area contributed by atoms with Gasteiger partial charge in [0.15, 0.2) is 12.3 Å². The van der Waals surface area contributed by atoms with Crippen molar-refractivity contribution in [2.24, 2.45) is 0 Å². The number of morpholine rings is 1. The van der Waals surface area contributed by atoms with Gasteiger partial charge in [0, 0.05) is 42.8 Å². The second kappa shape index (κ2) is 10.3. The summed E-state index contributed by atoms with van der Waals surface area (Å²) in [5.41, 5.74) is 4.66. The van der Waals surface area contributed by atoms with Crippen molar-refractivity contribution in [3.63, 3.8) is 0 Å². The minimum absolute atomic E-state index is 0.246. The first kappa shape index (κ1) is 23.8. The highest BCUT2D eigenvalue weighted by atomic mass is 19.4. The van der Waals surface area contributed by atoms with Crippen LogP contribution in [0.25, 0.3) is 0 Å². The van der Waals surface area contributed by atoms with E-state index in [1.54, 1.807) is 6.07 Å². The summed E-state index contributed by atoms with van der Waals surface area (Å²) in [5, 5.41) is 0. The van der Waals surface area contributed by atoms with Crippen molar-refractivity contribution in [2.75, 3.05) is 32.8 Å². The summed E-state index contributed by atoms with van der Waals surface area (Å²) in [5.74, 6) is 0. The molecule has 1 unspecified atom stereocenters. The predicted octanol–water partition coefficient (Wildman–Crippen LogP) is 6.23. The average molecular weight is 480 g/mol. The number of ether oxygens (including phenoxy) is 1. The van der Waals surface area contributed by atoms with Crippen LogP contribution in [-0.2, 0) is 17.3 Å². The van der Waals surface area contributed by atoms with Crippen molar-refractivity contribution < 1.29 is 22.5 Å². The minimum Gasteiger partial charge on any atom is -0.379 e. The molecule has 0 aromatic heterocycles. The number of halogens is 3. The Morgan fingerprint density at radius 3 is 2.43 bits per heavy atom. The Morgan fingerprint density at radius 1 is 0.886 bits per heavy atom. The number of hydrogen-bond donors (Lipinski definition) is 0. The maximum atomic E-state index is 13.1. The summed E-state index contributed by atoms with van der Waals surface area (Å²) in [7, 11) is 0. The first-order valence-electron chi connectivity index (χ1n) is 12.2. The van der Waals surface area contributed by atoms with Gasteiger partial charge in [0.1, 0.15) is 0 Å². The summed E-state index contributed by atoms with van der Waals surface area (Å²) in [4.78, 5) is 2.47. The number of hydrogen-bond acceptors (Lipinski definition) is 2. The van der Waals surface area contributed by atoms with Crippen LogP contribution in [0, 0.1) is 0 Å². The van der Waals surface area contributed by atoms with E-state index >= 15 is 0 Å². The molecule has 1 saturated heterocycles. The summed E-state index contributed by atoms with van der Waals surface area (Å²) in [6.07, 6.45) is 0.458. The Hall–Kier alpha value is -2.96. The van der Waals surface area contributed by atoms with Gasteiger partial charge in [-0.2, -0.15) is 17.7 Å². The molecule has 3 aromatic rings. The fourth-order valence-electron chi connectivity index (χ4n) is 5.11. The molecule has 2 heterocycles. The van der Waals surface area contributed by atoms with Crippen molar-refractivity contribution >= 4 is 11.9 Å². The number of nitrogens with zero attached hydrogens (tertiary/aromatic N) is 2. The van der Waals surface area contributed by atoms with E-state index in [4.69, 9.17) is 4.74 Å². The number of benzene rings is 3. The number of rotatable bonds is 7. The van der Waals surface area contributed by atoms with Crippen molar-refractivity contribution in [2.45, 2.75) is 31.5 Å². The molecule has 0 amide bonds. The molecule has 0 spiro atoms. The number of alkyl halides is 3. The Bertz CT molecular complexity index is 1180. The number of fused-ring (bicyclic) bond motifs is 1. The Labute approximate surface area is 204 Å². The van der Waals surface area contributed by atoms with Gasteiger partial charge in [-0.1, -0.05) is 48.5 Å². The molecule has 1 atom stereocenters. The standard InChI is InChI=1S/C29H30F3N2O/c30-29(31,32)25-7-4-6-22(20-25)18-23-11-12-27-24(19-23)21-34(26-8-2-1-3-9-26)28(27)10-5-13-33-14-16-35-17-15-33/h1-4,6-9,11-12,19-21,28H,5,10,13-18H2/q+1. The van der Waals surface area contributed by atoms with E-state index < -0.39 is 11.7 Å². The highest BCUT2D eigenvalue weighted by Gasteiger charge is 2.34. The molecular formula is C29H30F3N2O+. The third-order valence-corrected chi connectivity index (χ3v) is 6.90. The molecular weight excluding hydrogens is 449 g/mol. The molecule has 0 saturated carbocycles. The Morgan fingerprint density at radius 2 is 1.66 bits per heavy atom. The van der Waals surface area contributed by atoms with Crippen LogP contribution < -0.4 is 0 Å². The van der Waals surface area contributed by atoms with E-state index in [2.05, 4.69) is 58.2 Å². The first-order chi connectivity index (χ1) is 17.0. The summed E-state index contributed by atoms with van der Waals surface area (Å²) in [6.45, 7) is 4.67. The number of para-hydroxylation sites is 1. The average Bonchev–Trinajstić information content (AvgIpc) is 3.23. The Balaban J connectivity index is 1.36. The van der Waals surface area contributed by atoms with Gasteiger partial charge in [-0.25, -0.2) is 0 Å². The molecule has 0 radical (unpaired) electrons. The smallest absolute Gasteiger partial charge is 0.379 e. The molecule has 182 valence electrons. The first-order valence-corrected chi connectivity index (χ1v) is 12.2. The Kier molecular flexibility index (Phi) is 7.02. The largest absolute Gasteiger partial charge is 0.416 e. The van der Waals surface area contributed by atoms with Crippen LogP contribution in [0.1, 0.15) is 46.7 Å². The van der Waals surface area contributed by atoms with Crippen molar-refractivity contribution in [3.8, 4) is 0 Å². The topological polar surface area (TPSA) is 15.5 Å². The highest BCUT2D eigenvalue weighted by Crippen LogP contribution is 2.36. The zero-order chi connectivity index (χ0) is 24.3. The van der Waals surface area contributed by atoms with Gasteiger partial charge in [-0.15, -0.1) is 0 Å². The lowest BCUT2D eigenvalue weighted by atomic mass is 9.95. The van der Waals surface area contributed by atoms with Gasteiger partial charge in [0.25, 0.3) is 0 Å². The van der Waals surface area contributed by atoms with Crippen molar-refractivity contribution in [3.05, 3.63) is 101 Å². The van der Waals surface area contributed by atoms with Crippen LogP contribution >= 0.6 is 0 Å². The molecule has 3 nitrogen and oxygen atoms in total. The van der Waals surface area contributed by atoms with Gasteiger partial charge < -0.3 is 4.74 Å². The lowest BCUT2D eigenvalue weighted by molar-refractivity contribution is -0.483. The molecule has 3 aromatic carbocycles. The second-order valence-electron chi connectivity index (χ2n) is 9.32. The van der Waals surface area contributed by atoms with Gasteiger partial charge in [0.2, 0.25) is 5.69 Å². The molecule has 35 heavy (non-hydrogen) atoms. The summed E-state index contributed by atoms with van der Waals surface area (Å²) in [6, 6.07) is 22.6. The van der Waals surface area contributed by atoms with Gasteiger partial charge in [-0.3, -0.25) is 4.90 Å². The SMILES string of the molecule is FC(F)(F)c1cccc(Cc2ccc3c(c2)C=[N+](c2ccccc2)C3CCCN2CCOCC2)c1. The van der Waals surface area contributed by atoms with Crippen LogP contribution in [0.4, 0.5) is 18.9 Å². The van der Waals surface area contributed by atoms with Crippen LogP contribution in [0.3, 0.4) is 0 Å². The second-order valence-corrected chi connectivity index (χ2v) is 9.32. The zero-order valence-corrected chi connectivity index (χ0v) is 19.7. The highest BCUT2D eigenvalue weighted by molar-refractivity contribution is 5.82. The van der Waals surface area contributed by atoms with E-state index in [1.165, 1.54) is 17.7 Å². The lowest BCUT2D eigenvalue weighted by Crippen LogP contribution is -2.37. The molecule has 5 rings (SSSR count). The quantitative estimate of drug-likeness (QED) is 0.374. The minimum atomic E-state index is -4.33. The lowest BCUT2D eigenvalue weighted by Gasteiger charge is -2.26. The van der Waals surface area contributed by atoms with Crippen LogP contribution in [0.15, 0.2) is 72.8 Å². The predicted molar refractivity (Wildman–Crippen MR) is 131 cm³/mol. The molecule has 0 bridgehead atoms. The molecule has 0 aliphatic carbocycles. The van der Waals surface area contributed by atoms with Gasteiger partial charge in [0.05, 0.1) is 18.8 Å². The fraction of sp³-hybridized carbons (Fsp3) is 0.345. The van der Waals surface area contributed by atoms with E-state index in [0.29, 0.717) is 12.0 Å². The maximum Gasteiger partial charge on any atom is 0.416 e. The molecule has 1 fully saturated rings. The third-order valence-electron chi connectivity index (χ3n) is 6.90. The van der Waals surface area contributed by atoms with E-state index in [1.807, 2.05) is 6.07 Å². The van der Waals surface area contributed by atoms with Crippen molar-refractivity contribution in [1.82, 2.24) is 4.90 Å². The van der Waals surface area contributed by atoms with E-state index in [9.17, 15) is 13.2 Å². The summed E-state index contributed by atoms with van der Waals surface area (Å²) < 4.78 is 47.2. The van der Waals surface area contributed by atoms with Gasteiger partial charge in [-0.05, 0) is 42.6 Å². The molecule has 2 aliphatic heterocycles. The van der Waals surface area contributed by atoms with E-state index in [0.717, 1.165) is 68.6 Å². The molecule has 2 aliphatic rings. The normalized spacial score (nSPS) is 18.4. The maximum absolute atomic E-state index is 13.1. The fourth-order valence-corrected chi connectivity index (χ4v) is 5.11. The third kappa shape index (κ3) is 5.65. The van der Waals surface area contributed by atoms with Gasteiger partial charge >= 0.3 is 6.18 Å². The van der Waals surface area contributed by atoms with Crippen molar-refractivity contribution in [1.29, 1.82) is 0 Å². The van der Waals surface area contributed by atoms with E-state index in [-0.39, 0.29) is 6.04 Å². The zero-order valence-electron chi connectivity index (χ0n) is 19.7. The summed E-state index contributed by atoms with van der Waals surface area (Å²) >= 11 is 0. The van der Waals surface area contributed by atoms with Crippen LogP contribution in [-0.4, -0.2) is 48.5 Å². The van der Waals surface area contributed by atoms with Crippen LogP contribution in [0.5, 0.6) is 0 Å². The van der Waals surface area contributed by atoms with Crippen LogP contribution in [0.2, 0.25) is 0 Å². The molecule has 6 heteroatoms. The monoisotopic (exact) mass is 479 g/mol. The molecule has 0 N–H and O–H groups in total.